The number of hydrogen-bond donors (Lipinski definition) is 2. The third kappa shape index (κ3) is 3.98. The topological polar surface area (TPSA) is 101 Å². The van der Waals surface area contributed by atoms with E-state index in [1.807, 2.05) is 0 Å². The molecular weight excluding hydrogens is 306 g/mol. The van der Waals surface area contributed by atoms with Gasteiger partial charge in [-0.05, 0) is 18.2 Å². The van der Waals surface area contributed by atoms with Crippen LogP contribution in [0.2, 0.25) is 5.02 Å². The van der Waals surface area contributed by atoms with Gasteiger partial charge >= 0.3 is 5.97 Å². The number of amides is 1. The zero-order valence-electron chi connectivity index (χ0n) is 10.1. The molecule has 0 aromatic heterocycles. The molecular formula is C12H10ClNO5S. The molecule has 0 saturated carbocycles. The maximum atomic E-state index is 12.0. The van der Waals surface area contributed by atoms with Crippen LogP contribution in [0, 0.1) is 12.3 Å². The van der Waals surface area contributed by atoms with Gasteiger partial charge < -0.3 is 10.4 Å². The van der Waals surface area contributed by atoms with Crippen LogP contribution in [0.4, 0.5) is 0 Å². The lowest BCUT2D eigenvalue weighted by Gasteiger charge is -2.07. The van der Waals surface area contributed by atoms with Crippen molar-refractivity contribution in [2.24, 2.45) is 0 Å². The molecule has 1 rings (SSSR count). The SMILES string of the molecule is C#CCNC(=O)CS(=O)(=O)c1cc(C(=O)O)ccc1Cl. The van der Waals surface area contributed by atoms with Gasteiger partial charge in [-0.15, -0.1) is 6.42 Å². The summed E-state index contributed by atoms with van der Waals surface area (Å²) in [6.07, 6.45) is 4.93. The molecule has 0 radical (unpaired) electrons. The molecule has 1 aromatic rings. The average Bonchev–Trinajstić information content (AvgIpc) is 2.35. The van der Waals surface area contributed by atoms with Crippen LogP contribution in [0.5, 0.6) is 0 Å². The van der Waals surface area contributed by atoms with E-state index in [9.17, 15) is 18.0 Å². The Kier molecular flexibility index (Phi) is 5.13. The number of sulfone groups is 1. The molecule has 20 heavy (non-hydrogen) atoms. The van der Waals surface area contributed by atoms with Gasteiger partial charge in [0.25, 0.3) is 0 Å². The van der Waals surface area contributed by atoms with Crippen molar-refractivity contribution >= 4 is 33.3 Å². The molecule has 8 heteroatoms. The number of benzene rings is 1. The maximum Gasteiger partial charge on any atom is 0.335 e. The number of carboxylic acids is 1. The molecule has 1 aromatic carbocycles. The number of hydrogen-bond acceptors (Lipinski definition) is 4. The van der Waals surface area contributed by atoms with Gasteiger partial charge in [0, 0.05) is 0 Å². The maximum absolute atomic E-state index is 12.0. The zero-order valence-corrected chi connectivity index (χ0v) is 11.7. The molecule has 0 aliphatic rings. The first kappa shape index (κ1) is 16.0. The lowest BCUT2D eigenvalue weighted by Crippen LogP contribution is -2.30. The van der Waals surface area contributed by atoms with E-state index in [1.165, 1.54) is 6.07 Å². The highest BCUT2D eigenvalue weighted by Crippen LogP contribution is 2.23. The minimum atomic E-state index is -4.05. The predicted molar refractivity (Wildman–Crippen MR) is 72.3 cm³/mol. The fraction of sp³-hybridized carbons (Fsp3) is 0.167. The van der Waals surface area contributed by atoms with Gasteiger partial charge in [-0.3, -0.25) is 4.79 Å². The van der Waals surface area contributed by atoms with Gasteiger partial charge in [0.05, 0.1) is 22.0 Å². The number of aromatic carboxylic acids is 1. The van der Waals surface area contributed by atoms with E-state index in [1.54, 1.807) is 0 Å². The Morgan fingerprint density at radius 3 is 2.60 bits per heavy atom. The summed E-state index contributed by atoms with van der Waals surface area (Å²) in [5.74, 6) is -0.823. The smallest absolute Gasteiger partial charge is 0.335 e. The van der Waals surface area contributed by atoms with Crippen molar-refractivity contribution in [2.75, 3.05) is 12.3 Å². The van der Waals surface area contributed by atoms with Gasteiger partial charge in [-0.2, -0.15) is 0 Å². The van der Waals surface area contributed by atoms with Crippen LogP contribution in [0.25, 0.3) is 0 Å². The molecule has 6 nitrogen and oxygen atoms in total. The monoisotopic (exact) mass is 315 g/mol. The third-order valence-electron chi connectivity index (χ3n) is 2.22. The van der Waals surface area contributed by atoms with Crippen molar-refractivity contribution < 1.29 is 23.1 Å². The first-order chi connectivity index (χ1) is 9.27. The number of nitrogens with one attached hydrogen (secondary N) is 1. The first-order valence-corrected chi connectivity index (χ1v) is 7.26. The van der Waals surface area contributed by atoms with Crippen molar-refractivity contribution in [1.29, 1.82) is 0 Å². The van der Waals surface area contributed by atoms with Crippen LogP contribution in [-0.4, -0.2) is 37.7 Å². The fourth-order valence-corrected chi connectivity index (χ4v) is 3.07. The molecule has 0 atom stereocenters. The summed E-state index contributed by atoms with van der Waals surface area (Å²) >= 11 is 5.74. The molecule has 0 spiro atoms. The number of rotatable bonds is 5. The summed E-state index contributed by atoms with van der Waals surface area (Å²) in [6, 6.07) is 3.23. The van der Waals surface area contributed by atoms with E-state index in [2.05, 4.69) is 11.2 Å². The van der Waals surface area contributed by atoms with E-state index in [-0.39, 0.29) is 17.1 Å². The van der Waals surface area contributed by atoms with Crippen molar-refractivity contribution in [3.05, 3.63) is 28.8 Å². The molecule has 0 aliphatic heterocycles. The number of carbonyl (C=O) groups is 2. The minimum absolute atomic E-state index is 0.0999. The van der Waals surface area contributed by atoms with Crippen LogP contribution < -0.4 is 5.32 Å². The first-order valence-electron chi connectivity index (χ1n) is 5.23. The largest absolute Gasteiger partial charge is 0.478 e. The second-order valence-corrected chi connectivity index (χ2v) is 6.06. The molecule has 0 saturated heterocycles. The normalized spacial score (nSPS) is 10.6. The van der Waals surface area contributed by atoms with Crippen LogP contribution in [-0.2, 0) is 14.6 Å². The van der Waals surface area contributed by atoms with Gasteiger partial charge in [-0.1, -0.05) is 17.5 Å². The Labute approximate surface area is 120 Å². The summed E-state index contributed by atoms with van der Waals surface area (Å²) in [4.78, 5) is 21.8. The predicted octanol–water partition coefficient (Wildman–Crippen LogP) is 0.561. The van der Waals surface area contributed by atoms with Crippen LogP contribution in [0.1, 0.15) is 10.4 Å². The average molecular weight is 316 g/mol. The Hall–Kier alpha value is -2.04. The Bertz CT molecular complexity index is 690. The van der Waals surface area contributed by atoms with Gasteiger partial charge in [0.15, 0.2) is 9.84 Å². The summed E-state index contributed by atoms with van der Waals surface area (Å²) in [6.45, 7) is -0.0999. The van der Waals surface area contributed by atoms with Crippen molar-refractivity contribution in [3.63, 3.8) is 0 Å². The van der Waals surface area contributed by atoms with Crippen molar-refractivity contribution in [3.8, 4) is 12.3 Å². The molecule has 0 unspecified atom stereocenters. The number of terminal acetylenes is 1. The van der Waals surface area contributed by atoms with Gasteiger partial charge in [0.1, 0.15) is 5.75 Å². The number of carboxylic acid groups (broad SMARTS) is 1. The molecule has 0 aliphatic carbocycles. The molecule has 1 amide bonds. The Balaban J connectivity index is 3.09. The molecule has 106 valence electrons. The second-order valence-electron chi connectivity index (χ2n) is 3.69. The number of carbonyl (C=O) groups excluding carboxylic acids is 1. The van der Waals surface area contributed by atoms with Crippen molar-refractivity contribution in [2.45, 2.75) is 4.90 Å². The zero-order chi connectivity index (χ0) is 15.3. The fourth-order valence-electron chi connectivity index (χ4n) is 1.33. The summed E-state index contributed by atoms with van der Waals surface area (Å²) in [7, 11) is -4.05. The van der Waals surface area contributed by atoms with Crippen LogP contribution >= 0.6 is 11.6 Å². The van der Waals surface area contributed by atoms with Crippen LogP contribution in [0.15, 0.2) is 23.1 Å². The molecule has 0 heterocycles. The lowest BCUT2D eigenvalue weighted by atomic mass is 10.2. The summed E-state index contributed by atoms with van der Waals surface area (Å²) in [5.41, 5.74) is -0.239. The standard InChI is InChI=1S/C12H10ClNO5S/c1-2-5-14-11(15)7-20(18,19)10-6-8(12(16)17)3-4-9(10)13/h1,3-4,6H,5,7H2,(H,14,15)(H,16,17). The van der Waals surface area contributed by atoms with E-state index < -0.39 is 32.4 Å². The van der Waals surface area contributed by atoms with Crippen LogP contribution in [0.3, 0.4) is 0 Å². The quantitative estimate of drug-likeness (QED) is 0.773. The summed E-state index contributed by atoms with van der Waals surface area (Å²) < 4.78 is 24.0. The van der Waals surface area contributed by atoms with E-state index in [0.29, 0.717) is 0 Å². The molecule has 2 N–H and O–H groups in total. The van der Waals surface area contributed by atoms with E-state index in [0.717, 1.165) is 12.1 Å². The second kappa shape index (κ2) is 6.41. The Morgan fingerprint density at radius 2 is 2.05 bits per heavy atom. The minimum Gasteiger partial charge on any atom is -0.478 e. The highest BCUT2D eigenvalue weighted by atomic mass is 35.5. The molecule has 0 bridgehead atoms. The lowest BCUT2D eigenvalue weighted by molar-refractivity contribution is -0.118. The highest BCUT2D eigenvalue weighted by Gasteiger charge is 2.23. The number of halogens is 1. The Morgan fingerprint density at radius 1 is 1.40 bits per heavy atom. The third-order valence-corrected chi connectivity index (χ3v) is 4.31. The van der Waals surface area contributed by atoms with Gasteiger partial charge in [-0.25, -0.2) is 13.2 Å². The van der Waals surface area contributed by atoms with E-state index in [4.69, 9.17) is 23.1 Å². The van der Waals surface area contributed by atoms with Gasteiger partial charge in [0.2, 0.25) is 5.91 Å². The van der Waals surface area contributed by atoms with Crippen molar-refractivity contribution in [1.82, 2.24) is 5.32 Å². The van der Waals surface area contributed by atoms with E-state index >= 15 is 0 Å². The summed E-state index contributed by atoms with van der Waals surface area (Å²) in [5, 5.41) is 10.9. The molecule has 0 fully saturated rings. The highest BCUT2D eigenvalue weighted by molar-refractivity contribution is 7.92.